The Kier molecular flexibility index (Phi) is 3.48. The van der Waals surface area contributed by atoms with Gasteiger partial charge in [-0.1, -0.05) is 22.5 Å². The van der Waals surface area contributed by atoms with Gasteiger partial charge in [0.15, 0.2) is 5.69 Å². The maximum Gasteiger partial charge on any atom is 0.165 e. The summed E-state index contributed by atoms with van der Waals surface area (Å²) in [6.07, 6.45) is 0. The Hall–Kier alpha value is -1.54. The summed E-state index contributed by atoms with van der Waals surface area (Å²) in [6.45, 7) is 4.22. The first-order valence-electron chi connectivity index (χ1n) is 3.87. The molecule has 14 heavy (non-hydrogen) atoms. The molecule has 5 heteroatoms. The van der Waals surface area contributed by atoms with Crippen LogP contribution in [-0.4, -0.2) is 11.5 Å². The van der Waals surface area contributed by atoms with E-state index in [1.165, 1.54) is 0 Å². The van der Waals surface area contributed by atoms with Crippen LogP contribution in [-0.2, 0) is 0 Å². The summed E-state index contributed by atoms with van der Waals surface area (Å²) >= 11 is 3.21. The van der Waals surface area contributed by atoms with Crippen LogP contribution in [0.5, 0.6) is 0 Å². The van der Waals surface area contributed by atoms with E-state index in [0.717, 1.165) is 4.48 Å². The molecule has 1 rings (SSSR count). The van der Waals surface area contributed by atoms with E-state index in [1.807, 2.05) is 6.07 Å². The molecule has 4 nitrogen and oxygen atoms in total. The summed E-state index contributed by atoms with van der Waals surface area (Å²) in [7, 11) is 0. The SMILES string of the molecule is C=C(Br)CNc1ccc(N)c(C#N)n1. The molecule has 0 bridgehead atoms. The predicted octanol–water partition coefficient (Wildman–Crippen LogP) is 1.86. The van der Waals surface area contributed by atoms with Crippen molar-refractivity contribution in [3.63, 3.8) is 0 Å². The van der Waals surface area contributed by atoms with Crippen molar-refractivity contribution < 1.29 is 0 Å². The molecule has 0 aromatic carbocycles. The molecule has 0 radical (unpaired) electrons. The van der Waals surface area contributed by atoms with Crippen LogP contribution < -0.4 is 11.1 Å². The van der Waals surface area contributed by atoms with E-state index in [9.17, 15) is 0 Å². The normalized spacial score (nSPS) is 9.14. The number of nitrogens with two attached hydrogens (primary N) is 1. The first-order chi connectivity index (χ1) is 6.63. The van der Waals surface area contributed by atoms with Crippen molar-refractivity contribution in [3.8, 4) is 6.07 Å². The molecule has 0 saturated carbocycles. The number of halogens is 1. The second kappa shape index (κ2) is 4.63. The maximum atomic E-state index is 8.67. The molecule has 0 amide bonds. The summed E-state index contributed by atoms with van der Waals surface area (Å²) in [5.41, 5.74) is 6.13. The Morgan fingerprint density at radius 1 is 1.71 bits per heavy atom. The maximum absolute atomic E-state index is 8.67. The minimum atomic E-state index is 0.232. The quantitative estimate of drug-likeness (QED) is 0.862. The smallest absolute Gasteiger partial charge is 0.165 e. The molecule has 0 fully saturated rings. The average molecular weight is 253 g/mol. The van der Waals surface area contributed by atoms with Crippen LogP contribution in [0.15, 0.2) is 23.2 Å². The fourth-order valence-electron chi connectivity index (χ4n) is 0.844. The molecule has 1 heterocycles. The Balaban J connectivity index is 2.80. The summed E-state index contributed by atoms with van der Waals surface area (Å²) in [6, 6.07) is 5.27. The number of nitrogens with one attached hydrogen (secondary N) is 1. The number of pyridine rings is 1. The van der Waals surface area contributed by atoms with Crippen LogP contribution in [0.3, 0.4) is 0 Å². The van der Waals surface area contributed by atoms with Crippen LogP contribution in [0.1, 0.15) is 5.69 Å². The summed E-state index contributed by atoms with van der Waals surface area (Å²) < 4.78 is 0.814. The topological polar surface area (TPSA) is 74.7 Å². The number of anilines is 2. The lowest BCUT2D eigenvalue weighted by Gasteiger charge is -2.04. The van der Waals surface area contributed by atoms with Crippen LogP contribution in [0.4, 0.5) is 11.5 Å². The molecule has 1 aromatic rings. The van der Waals surface area contributed by atoms with Crippen LogP contribution in [0.2, 0.25) is 0 Å². The molecule has 1 aromatic heterocycles. The largest absolute Gasteiger partial charge is 0.396 e. The van der Waals surface area contributed by atoms with E-state index in [-0.39, 0.29) is 5.69 Å². The van der Waals surface area contributed by atoms with Crippen molar-refractivity contribution in [2.24, 2.45) is 0 Å². The van der Waals surface area contributed by atoms with E-state index in [4.69, 9.17) is 11.0 Å². The third-order valence-electron chi connectivity index (χ3n) is 1.49. The van der Waals surface area contributed by atoms with Gasteiger partial charge in [0.05, 0.1) is 5.69 Å². The van der Waals surface area contributed by atoms with E-state index < -0.39 is 0 Å². The van der Waals surface area contributed by atoms with Crippen molar-refractivity contribution in [2.75, 3.05) is 17.6 Å². The van der Waals surface area contributed by atoms with Crippen molar-refractivity contribution in [1.82, 2.24) is 4.98 Å². The number of aromatic nitrogens is 1. The number of rotatable bonds is 3. The Bertz CT molecular complexity index is 394. The molecule has 0 aliphatic rings. The molecular formula is C9H9BrN4. The highest BCUT2D eigenvalue weighted by Crippen LogP contribution is 2.12. The molecule has 0 atom stereocenters. The molecule has 0 aliphatic heterocycles. The lowest BCUT2D eigenvalue weighted by molar-refractivity contribution is 1.20. The van der Waals surface area contributed by atoms with Gasteiger partial charge in [-0.05, 0) is 12.1 Å². The second-order valence-corrected chi connectivity index (χ2v) is 3.74. The molecule has 3 N–H and O–H groups in total. The van der Waals surface area contributed by atoms with Gasteiger partial charge in [0, 0.05) is 11.0 Å². The van der Waals surface area contributed by atoms with Crippen LogP contribution in [0.25, 0.3) is 0 Å². The molecular weight excluding hydrogens is 244 g/mol. The number of nitrogen functional groups attached to an aromatic ring is 1. The lowest BCUT2D eigenvalue weighted by Crippen LogP contribution is -2.04. The van der Waals surface area contributed by atoms with Gasteiger partial charge in [0.2, 0.25) is 0 Å². The zero-order valence-corrected chi connectivity index (χ0v) is 9.00. The minimum absolute atomic E-state index is 0.232. The first kappa shape index (κ1) is 10.5. The van der Waals surface area contributed by atoms with Crippen molar-refractivity contribution in [3.05, 3.63) is 28.9 Å². The van der Waals surface area contributed by atoms with Crippen molar-refractivity contribution in [2.45, 2.75) is 0 Å². The summed E-state index contributed by atoms with van der Waals surface area (Å²) in [5.74, 6) is 0.608. The van der Waals surface area contributed by atoms with Gasteiger partial charge in [0.25, 0.3) is 0 Å². The molecule has 0 spiro atoms. The fraction of sp³-hybridized carbons (Fsp3) is 0.111. The zero-order chi connectivity index (χ0) is 10.6. The van der Waals surface area contributed by atoms with Crippen LogP contribution >= 0.6 is 15.9 Å². The molecule has 0 aliphatic carbocycles. The zero-order valence-electron chi connectivity index (χ0n) is 7.42. The minimum Gasteiger partial charge on any atom is -0.396 e. The second-order valence-electron chi connectivity index (χ2n) is 2.62. The summed E-state index contributed by atoms with van der Waals surface area (Å²) in [4.78, 5) is 4.00. The number of nitrogens with zero attached hydrogens (tertiary/aromatic N) is 2. The first-order valence-corrected chi connectivity index (χ1v) is 4.66. The van der Waals surface area contributed by atoms with E-state index >= 15 is 0 Å². The number of hydrogen-bond donors (Lipinski definition) is 2. The highest BCUT2D eigenvalue weighted by molar-refractivity contribution is 9.11. The molecule has 0 unspecified atom stereocenters. The molecule has 72 valence electrons. The van der Waals surface area contributed by atoms with E-state index in [2.05, 4.69) is 32.8 Å². The summed E-state index contributed by atoms with van der Waals surface area (Å²) in [5, 5.41) is 11.7. The standard InChI is InChI=1S/C9H9BrN4/c1-6(10)5-13-9-3-2-7(12)8(4-11)14-9/h2-3H,1,5,12H2,(H,13,14). The fourth-order valence-corrected chi connectivity index (χ4v) is 0.985. The Labute approximate surface area is 90.6 Å². The highest BCUT2D eigenvalue weighted by Gasteiger charge is 2.01. The van der Waals surface area contributed by atoms with E-state index in [1.54, 1.807) is 12.1 Å². The Morgan fingerprint density at radius 3 is 3.00 bits per heavy atom. The van der Waals surface area contributed by atoms with Crippen molar-refractivity contribution in [1.29, 1.82) is 5.26 Å². The van der Waals surface area contributed by atoms with Gasteiger partial charge in [-0.3, -0.25) is 0 Å². The van der Waals surface area contributed by atoms with Gasteiger partial charge in [-0.25, -0.2) is 4.98 Å². The van der Waals surface area contributed by atoms with Gasteiger partial charge in [0.1, 0.15) is 11.9 Å². The predicted molar refractivity (Wildman–Crippen MR) is 59.9 cm³/mol. The number of nitriles is 1. The van der Waals surface area contributed by atoms with Gasteiger partial charge >= 0.3 is 0 Å². The third kappa shape index (κ3) is 2.75. The van der Waals surface area contributed by atoms with Gasteiger partial charge in [-0.15, -0.1) is 0 Å². The van der Waals surface area contributed by atoms with Crippen LogP contribution in [0, 0.1) is 11.3 Å². The van der Waals surface area contributed by atoms with Crippen molar-refractivity contribution >= 4 is 27.4 Å². The lowest BCUT2D eigenvalue weighted by atomic mass is 10.3. The van der Waals surface area contributed by atoms with Gasteiger partial charge in [-0.2, -0.15) is 5.26 Å². The molecule has 0 saturated heterocycles. The Morgan fingerprint density at radius 2 is 2.43 bits per heavy atom. The van der Waals surface area contributed by atoms with E-state index in [0.29, 0.717) is 18.1 Å². The monoisotopic (exact) mass is 252 g/mol. The highest BCUT2D eigenvalue weighted by atomic mass is 79.9. The number of hydrogen-bond acceptors (Lipinski definition) is 4. The van der Waals surface area contributed by atoms with Gasteiger partial charge < -0.3 is 11.1 Å². The average Bonchev–Trinajstić information content (AvgIpc) is 2.16. The third-order valence-corrected chi connectivity index (χ3v) is 1.77.